The van der Waals surface area contributed by atoms with Crippen LogP contribution in [0.2, 0.25) is 5.15 Å². The van der Waals surface area contributed by atoms with Gasteiger partial charge in [0, 0.05) is 16.5 Å². The fraction of sp³-hybridized carbons (Fsp3) is 0.120. The summed E-state index contributed by atoms with van der Waals surface area (Å²) in [5.41, 5.74) is 11.2. The maximum absolute atomic E-state index is 9.95. The summed E-state index contributed by atoms with van der Waals surface area (Å²) in [6.45, 7) is 4.07. The van der Waals surface area contributed by atoms with Crippen molar-refractivity contribution in [2.45, 2.75) is 19.8 Å². The highest BCUT2D eigenvalue weighted by molar-refractivity contribution is 6.30. The number of hydrogen-bond donors (Lipinski definition) is 1. The van der Waals surface area contributed by atoms with E-state index in [-0.39, 0.29) is 5.88 Å². The fourth-order valence-electron chi connectivity index (χ4n) is 4.40. The summed E-state index contributed by atoms with van der Waals surface area (Å²) in [5, 5.41) is 13.3. The topological polar surface area (TPSA) is 71.9 Å². The molecule has 0 fully saturated rings. The summed E-state index contributed by atoms with van der Waals surface area (Å²) in [7, 11) is 0. The van der Waals surface area contributed by atoms with Gasteiger partial charge in [-0.3, -0.25) is 0 Å². The number of halogens is 1. The van der Waals surface area contributed by atoms with Crippen molar-refractivity contribution >= 4 is 33.3 Å². The van der Waals surface area contributed by atoms with Crippen LogP contribution in [0.15, 0.2) is 66.1 Å². The van der Waals surface area contributed by atoms with Crippen molar-refractivity contribution in [2.24, 2.45) is 5.73 Å². The Kier molecular flexibility index (Phi) is 4.16. The van der Waals surface area contributed by atoms with E-state index in [9.17, 15) is 5.26 Å². The smallest absolute Gasteiger partial charge is 0.205 e. The molecular weight excluding hydrogens is 394 g/mol. The molecule has 0 amide bonds. The van der Waals surface area contributed by atoms with E-state index in [1.165, 1.54) is 0 Å². The third-order valence-corrected chi connectivity index (χ3v) is 5.96. The monoisotopic (exact) mass is 411 g/mol. The normalized spacial score (nSPS) is 15.7. The van der Waals surface area contributed by atoms with Crippen LogP contribution in [0.3, 0.4) is 0 Å². The summed E-state index contributed by atoms with van der Waals surface area (Å²) in [5.74, 6) is 0.267. The highest BCUT2D eigenvalue weighted by Gasteiger charge is 2.34. The van der Waals surface area contributed by atoms with E-state index in [0.29, 0.717) is 16.5 Å². The van der Waals surface area contributed by atoms with Gasteiger partial charge >= 0.3 is 0 Å². The number of benzene rings is 3. The molecular formula is C25H18ClN3O. The van der Waals surface area contributed by atoms with Crippen molar-refractivity contribution in [1.82, 2.24) is 4.98 Å². The Balaban J connectivity index is 1.87. The van der Waals surface area contributed by atoms with Crippen LogP contribution in [0.1, 0.15) is 28.2 Å². The maximum atomic E-state index is 9.95. The summed E-state index contributed by atoms with van der Waals surface area (Å²) in [6.07, 6.45) is 0. The third kappa shape index (κ3) is 2.71. The van der Waals surface area contributed by atoms with Crippen LogP contribution in [0.4, 0.5) is 0 Å². The summed E-state index contributed by atoms with van der Waals surface area (Å²) >= 11 is 6.71. The summed E-state index contributed by atoms with van der Waals surface area (Å²) < 4.78 is 5.83. The number of fused-ring (bicyclic) bond motifs is 4. The van der Waals surface area contributed by atoms with Gasteiger partial charge in [0.1, 0.15) is 22.5 Å². The molecule has 0 spiro atoms. The molecule has 1 aliphatic heterocycles. The first-order chi connectivity index (χ1) is 14.5. The number of nitriles is 1. The first kappa shape index (κ1) is 18.5. The van der Waals surface area contributed by atoms with Crippen LogP contribution in [-0.2, 0) is 0 Å². The molecule has 4 aromatic rings. The van der Waals surface area contributed by atoms with Gasteiger partial charge in [0.15, 0.2) is 0 Å². The fourth-order valence-corrected chi connectivity index (χ4v) is 4.65. The van der Waals surface area contributed by atoms with Crippen LogP contribution in [-0.4, -0.2) is 4.98 Å². The van der Waals surface area contributed by atoms with Gasteiger partial charge in [0.2, 0.25) is 5.88 Å². The second-order valence-electron chi connectivity index (χ2n) is 7.65. The summed E-state index contributed by atoms with van der Waals surface area (Å²) in [4.78, 5) is 4.69. The minimum absolute atomic E-state index is 0.0990. The molecule has 2 N–H and O–H groups in total. The highest BCUT2D eigenvalue weighted by atomic mass is 35.5. The zero-order valence-electron chi connectivity index (χ0n) is 16.5. The van der Waals surface area contributed by atoms with E-state index >= 15 is 0 Å². The lowest BCUT2D eigenvalue weighted by Gasteiger charge is -2.28. The quantitative estimate of drug-likeness (QED) is 0.397. The molecule has 4 nitrogen and oxygen atoms in total. The molecule has 5 heteroatoms. The van der Waals surface area contributed by atoms with Crippen LogP contribution >= 0.6 is 11.6 Å². The van der Waals surface area contributed by atoms with Gasteiger partial charge < -0.3 is 10.5 Å². The zero-order valence-corrected chi connectivity index (χ0v) is 17.3. The molecule has 5 rings (SSSR count). The molecule has 0 radical (unpaired) electrons. The Morgan fingerprint density at radius 1 is 1.07 bits per heavy atom. The minimum atomic E-state index is -0.463. The van der Waals surface area contributed by atoms with E-state index in [1.54, 1.807) is 0 Å². The van der Waals surface area contributed by atoms with Crippen molar-refractivity contribution in [3.63, 3.8) is 0 Å². The molecule has 30 heavy (non-hydrogen) atoms. The van der Waals surface area contributed by atoms with Gasteiger partial charge in [-0.25, -0.2) is 4.98 Å². The van der Waals surface area contributed by atoms with Crippen molar-refractivity contribution < 1.29 is 4.74 Å². The van der Waals surface area contributed by atoms with Gasteiger partial charge in [0.05, 0.1) is 11.4 Å². The van der Waals surface area contributed by atoms with E-state index in [1.807, 2.05) is 49.4 Å². The first-order valence-electron chi connectivity index (χ1n) is 9.64. The van der Waals surface area contributed by atoms with Crippen LogP contribution in [0.25, 0.3) is 21.7 Å². The maximum Gasteiger partial charge on any atom is 0.205 e. The zero-order chi connectivity index (χ0) is 21.0. The Morgan fingerprint density at radius 2 is 1.87 bits per heavy atom. The van der Waals surface area contributed by atoms with Gasteiger partial charge in [-0.05, 0) is 48.4 Å². The Hall–Kier alpha value is -3.55. The predicted molar refractivity (Wildman–Crippen MR) is 119 cm³/mol. The molecule has 146 valence electrons. The third-order valence-electron chi connectivity index (χ3n) is 5.66. The number of nitrogens with zero attached hydrogens (tertiary/aromatic N) is 2. The first-order valence-corrected chi connectivity index (χ1v) is 10.0. The van der Waals surface area contributed by atoms with E-state index in [0.717, 1.165) is 43.9 Å². The summed E-state index contributed by atoms with van der Waals surface area (Å²) in [6, 6.07) is 20.3. The lowest BCUT2D eigenvalue weighted by atomic mass is 9.81. The van der Waals surface area contributed by atoms with E-state index in [4.69, 9.17) is 27.1 Å². The molecule has 2 heterocycles. The number of rotatable bonds is 1. The predicted octanol–water partition coefficient (Wildman–Crippen LogP) is 5.88. The molecule has 1 atom stereocenters. The number of aromatic nitrogens is 1. The van der Waals surface area contributed by atoms with Crippen molar-refractivity contribution in [3.8, 4) is 11.8 Å². The van der Waals surface area contributed by atoms with Crippen LogP contribution in [0, 0.1) is 25.2 Å². The Bertz CT molecular complexity index is 1430. The van der Waals surface area contributed by atoms with Gasteiger partial charge in [-0.15, -0.1) is 0 Å². The number of allylic oxidation sites excluding steroid dienone is 1. The van der Waals surface area contributed by atoms with Crippen LogP contribution < -0.4 is 10.5 Å². The molecule has 3 aromatic carbocycles. The van der Waals surface area contributed by atoms with Crippen molar-refractivity contribution in [2.75, 3.05) is 0 Å². The number of hydrogen-bond acceptors (Lipinski definition) is 4. The molecule has 0 unspecified atom stereocenters. The van der Waals surface area contributed by atoms with Gasteiger partial charge in [-0.2, -0.15) is 5.26 Å². The largest absolute Gasteiger partial charge is 0.440 e. The van der Waals surface area contributed by atoms with E-state index in [2.05, 4.69) is 25.1 Å². The Morgan fingerprint density at radius 3 is 2.67 bits per heavy atom. The number of nitrogens with two attached hydrogens (primary N) is 1. The second kappa shape index (κ2) is 6.76. The molecule has 0 aliphatic carbocycles. The standard InChI is InChI=1S/C25H18ClN3O/c1-13-9-14(2)23-16(10-13)11-18(24(26)29-23)21-19(12-27)25(28)30-20-8-7-15-5-3-4-6-17(15)22(20)21/h3-11,21H,28H2,1-2H3/t21-/m0/s1. The molecule has 0 saturated carbocycles. The van der Waals surface area contributed by atoms with Gasteiger partial charge in [0.25, 0.3) is 0 Å². The molecule has 1 aliphatic rings. The number of aryl methyl sites for hydroxylation is 2. The number of pyridine rings is 1. The lowest BCUT2D eigenvalue weighted by Crippen LogP contribution is -2.21. The van der Waals surface area contributed by atoms with Crippen molar-refractivity contribution in [3.05, 3.63) is 93.5 Å². The molecule has 0 bridgehead atoms. The Labute approximate surface area is 179 Å². The van der Waals surface area contributed by atoms with Crippen molar-refractivity contribution in [1.29, 1.82) is 5.26 Å². The molecule has 1 aromatic heterocycles. The molecule has 0 saturated heterocycles. The van der Waals surface area contributed by atoms with Crippen LogP contribution in [0.5, 0.6) is 5.75 Å². The number of ether oxygens (including phenoxy) is 1. The van der Waals surface area contributed by atoms with E-state index < -0.39 is 5.92 Å². The second-order valence-corrected chi connectivity index (χ2v) is 8.00. The van der Waals surface area contributed by atoms with Gasteiger partial charge in [-0.1, -0.05) is 53.6 Å². The average Bonchev–Trinajstić information content (AvgIpc) is 2.73. The highest BCUT2D eigenvalue weighted by Crippen LogP contribution is 2.47. The lowest BCUT2D eigenvalue weighted by molar-refractivity contribution is 0.395. The average molecular weight is 412 g/mol. The SMILES string of the molecule is Cc1cc(C)c2nc(Cl)c([C@H]3C(C#N)=C(N)Oc4ccc5ccccc5c43)cc2c1. The minimum Gasteiger partial charge on any atom is -0.440 e.